The van der Waals surface area contributed by atoms with Crippen molar-refractivity contribution in [2.45, 2.75) is 51.4 Å². The first-order valence-corrected chi connectivity index (χ1v) is 13.4. The number of aryl methyl sites for hydroxylation is 2. The van der Waals surface area contributed by atoms with E-state index in [9.17, 15) is 31.1 Å². The number of ether oxygens (including phenoxy) is 3. The van der Waals surface area contributed by atoms with Crippen molar-refractivity contribution in [3.63, 3.8) is 0 Å². The molecule has 41 heavy (non-hydrogen) atoms. The minimum absolute atomic E-state index is 0.00776. The number of benzene rings is 2. The Labute approximate surface area is 234 Å². The number of carbonyl (C=O) groups is 1. The maximum absolute atomic E-state index is 13.5. The molecule has 222 valence electrons. The van der Waals surface area contributed by atoms with Crippen molar-refractivity contribution in [2.24, 2.45) is 11.8 Å². The Kier molecular flexibility index (Phi) is 7.99. The molecule has 0 aliphatic carbocycles. The van der Waals surface area contributed by atoms with Crippen LogP contribution in [0.2, 0.25) is 0 Å². The van der Waals surface area contributed by atoms with Gasteiger partial charge in [-0.3, -0.25) is 4.79 Å². The summed E-state index contributed by atoms with van der Waals surface area (Å²) in [6, 6.07) is 7.47. The van der Waals surface area contributed by atoms with Crippen LogP contribution in [-0.4, -0.2) is 49.9 Å². The lowest BCUT2D eigenvalue weighted by Crippen LogP contribution is -2.42. The van der Waals surface area contributed by atoms with Crippen LogP contribution in [0.4, 0.5) is 26.3 Å². The van der Waals surface area contributed by atoms with Gasteiger partial charge < -0.3 is 19.1 Å². The Morgan fingerprint density at radius 2 is 1.63 bits per heavy atom. The average Bonchev–Trinajstić information content (AvgIpc) is 3.33. The van der Waals surface area contributed by atoms with Crippen molar-refractivity contribution in [2.75, 3.05) is 32.9 Å². The molecule has 5 atom stereocenters. The number of halogens is 6. The number of hydrogen-bond acceptors (Lipinski definition) is 5. The summed E-state index contributed by atoms with van der Waals surface area (Å²) in [5, 5.41) is 0. The molecule has 5 nitrogen and oxygen atoms in total. The summed E-state index contributed by atoms with van der Waals surface area (Å²) < 4.78 is 98.9. The van der Waals surface area contributed by atoms with Gasteiger partial charge in [-0.15, -0.1) is 0 Å². The largest absolute Gasteiger partial charge is 0.416 e. The van der Waals surface area contributed by atoms with E-state index in [4.69, 9.17) is 14.2 Å². The monoisotopic (exact) mass is 583 g/mol. The number of likely N-dealkylation sites (tertiary alicyclic amines) is 1. The molecular weight excluding hydrogens is 552 g/mol. The fourth-order valence-corrected chi connectivity index (χ4v) is 6.06. The smallest absolute Gasteiger partial charge is 0.372 e. The number of hydrogen-bond donors (Lipinski definition) is 0. The number of nitrogens with zero attached hydrogens (tertiary/aromatic N) is 1. The van der Waals surface area contributed by atoms with E-state index in [1.54, 1.807) is 6.08 Å². The van der Waals surface area contributed by atoms with Crippen LogP contribution in [0.25, 0.3) is 0 Å². The topological polar surface area (TPSA) is 48.0 Å². The molecule has 3 aliphatic rings. The summed E-state index contributed by atoms with van der Waals surface area (Å²) in [6.45, 7) is 7.17. The van der Waals surface area contributed by atoms with Gasteiger partial charge >= 0.3 is 12.4 Å². The second kappa shape index (κ2) is 11.1. The van der Waals surface area contributed by atoms with E-state index in [0.29, 0.717) is 38.4 Å². The van der Waals surface area contributed by atoms with Crippen LogP contribution in [0.5, 0.6) is 0 Å². The summed E-state index contributed by atoms with van der Waals surface area (Å²) in [7, 11) is 0. The zero-order chi connectivity index (χ0) is 29.7. The van der Waals surface area contributed by atoms with Crippen LogP contribution < -0.4 is 0 Å². The first kappa shape index (κ1) is 29.6. The number of fused-ring (bicyclic) bond motifs is 1. The molecule has 5 rings (SSSR count). The Hall–Kier alpha value is -2.89. The van der Waals surface area contributed by atoms with Gasteiger partial charge in [0, 0.05) is 36.7 Å². The highest BCUT2D eigenvalue weighted by atomic mass is 19.4. The van der Waals surface area contributed by atoms with Crippen molar-refractivity contribution in [1.82, 2.24) is 4.90 Å². The predicted molar refractivity (Wildman–Crippen MR) is 137 cm³/mol. The fourth-order valence-electron chi connectivity index (χ4n) is 6.06. The van der Waals surface area contributed by atoms with Crippen molar-refractivity contribution < 1.29 is 45.3 Å². The van der Waals surface area contributed by atoms with Gasteiger partial charge in [-0.25, -0.2) is 0 Å². The van der Waals surface area contributed by atoms with Crippen LogP contribution in [0.15, 0.2) is 48.2 Å². The maximum Gasteiger partial charge on any atom is 0.416 e. The number of alkyl halides is 6. The van der Waals surface area contributed by atoms with Gasteiger partial charge in [0.05, 0.1) is 30.4 Å². The van der Waals surface area contributed by atoms with Crippen LogP contribution in [-0.2, 0) is 31.4 Å². The number of rotatable bonds is 5. The summed E-state index contributed by atoms with van der Waals surface area (Å²) in [5.74, 6) is -0.405. The first-order chi connectivity index (χ1) is 19.2. The van der Waals surface area contributed by atoms with Gasteiger partial charge in [0.2, 0.25) is 0 Å². The Morgan fingerprint density at radius 3 is 2.27 bits per heavy atom. The molecule has 3 heterocycles. The van der Waals surface area contributed by atoms with E-state index in [0.717, 1.165) is 22.4 Å². The molecule has 2 aromatic carbocycles. The zero-order valence-electron chi connectivity index (χ0n) is 22.8. The summed E-state index contributed by atoms with van der Waals surface area (Å²) in [6.07, 6.45) is -10.4. The molecule has 0 aromatic heterocycles. The molecule has 0 spiro atoms. The molecule has 0 bridgehead atoms. The highest BCUT2D eigenvalue weighted by molar-refractivity contribution is 5.92. The van der Waals surface area contributed by atoms with Gasteiger partial charge in [-0.1, -0.05) is 23.8 Å². The fraction of sp³-hybridized carbons (Fsp3) is 0.500. The SMILES string of the molecule is Cc1ccc(C)c([C@@H]2[C@@H](O[C@H](C)c3cc(C(F)(F)F)cc(C(F)(F)F)c3)OC[C@@H]3CN(C4=CC(=O)COC4)C[C@H]32)c1. The normalized spacial score (nSPS) is 26.1. The minimum atomic E-state index is -4.96. The summed E-state index contributed by atoms with van der Waals surface area (Å²) in [5.41, 5.74) is 0.673. The van der Waals surface area contributed by atoms with Gasteiger partial charge in [0.25, 0.3) is 0 Å². The number of ketones is 1. The van der Waals surface area contributed by atoms with Crippen LogP contribution >= 0.6 is 0 Å². The van der Waals surface area contributed by atoms with Crippen molar-refractivity contribution in [1.29, 1.82) is 0 Å². The van der Waals surface area contributed by atoms with Gasteiger partial charge in [-0.05, 0) is 61.6 Å². The lowest BCUT2D eigenvalue weighted by Gasteiger charge is -2.41. The standard InChI is InChI=1S/C30H31F6NO4/c1-16-4-5-17(2)25(6-16)27-26-12-37(23-10-24(38)15-39-14-23)11-20(26)13-40-28(27)41-18(3)19-7-21(29(31,32)33)9-22(8-19)30(34,35)36/h4-10,18,20,26-28H,11-15H2,1-3H3/t18-,20+,26-,27+,28-/m1/s1. The van der Waals surface area contributed by atoms with E-state index in [1.807, 2.05) is 32.0 Å². The molecule has 2 fully saturated rings. The third-order valence-electron chi connectivity index (χ3n) is 8.16. The van der Waals surface area contributed by atoms with Crippen molar-refractivity contribution in [3.05, 3.63) is 81.6 Å². The molecule has 0 unspecified atom stereocenters. The van der Waals surface area contributed by atoms with Crippen LogP contribution in [0.3, 0.4) is 0 Å². The Morgan fingerprint density at radius 1 is 0.951 bits per heavy atom. The summed E-state index contributed by atoms with van der Waals surface area (Å²) >= 11 is 0. The lowest BCUT2D eigenvalue weighted by atomic mass is 9.76. The van der Waals surface area contributed by atoms with Gasteiger partial charge in [0.15, 0.2) is 12.1 Å². The van der Waals surface area contributed by atoms with Crippen LogP contribution in [0, 0.1) is 25.7 Å². The second-order valence-corrected chi connectivity index (χ2v) is 11.1. The highest BCUT2D eigenvalue weighted by Gasteiger charge is 2.48. The van der Waals surface area contributed by atoms with Crippen molar-refractivity contribution in [3.8, 4) is 0 Å². The molecule has 3 aliphatic heterocycles. The van der Waals surface area contributed by atoms with Gasteiger partial charge in [0.1, 0.15) is 6.61 Å². The van der Waals surface area contributed by atoms with E-state index >= 15 is 0 Å². The zero-order valence-corrected chi connectivity index (χ0v) is 22.8. The predicted octanol–water partition coefficient (Wildman–Crippen LogP) is 6.59. The van der Waals surface area contributed by atoms with E-state index < -0.39 is 35.9 Å². The molecule has 2 aromatic rings. The third-order valence-corrected chi connectivity index (χ3v) is 8.16. The molecule has 0 radical (unpaired) electrons. The second-order valence-electron chi connectivity index (χ2n) is 11.1. The van der Waals surface area contributed by atoms with E-state index in [1.165, 1.54) is 6.92 Å². The molecule has 0 amide bonds. The average molecular weight is 584 g/mol. The molecule has 11 heteroatoms. The van der Waals surface area contributed by atoms with E-state index in [2.05, 4.69) is 4.90 Å². The number of carbonyl (C=O) groups excluding carboxylic acids is 1. The van der Waals surface area contributed by atoms with Gasteiger partial charge in [-0.2, -0.15) is 26.3 Å². The maximum atomic E-state index is 13.5. The third kappa shape index (κ3) is 6.32. The molecule has 2 saturated heterocycles. The van der Waals surface area contributed by atoms with Crippen molar-refractivity contribution >= 4 is 5.78 Å². The summed E-state index contributed by atoms with van der Waals surface area (Å²) in [4.78, 5) is 14.1. The van der Waals surface area contributed by atoms with E-state index in [-0.39, 0.29) is 41.8 Å². The molecule has 0 saturated carbocycles. The Balaban J connectivity index is 1.48. The molecule has 0 N–H and O–H groups in total. The first-order valence-electron chi connectivity index (χ1n) is 13.4. The Bertz CT molecular complexity index is 1300. The highest BCUT2D eigenvalue weighted by Crippen LogP contribution is 2.47. The molecular formula is C30H31F6NO4. The lowest BCUT2D eigenvalue weighted by molar-refractivity contribution is -0.217. The van der Waals surface area contributed by atoms with Crippen LogP contribution in [0.1, 0.15) is 52.3 Å². The quantitative estimate of drug-likeness (QED) is 0.372. The minimum Gasteiger partial charge on any atom is -0.372 e.